The summed E-state index contributed by atoms with van der Waals surface area (Å²) in [7, 11) is 0. The highest BCUT2D eigenvalue weighted by atomic mass is 16.7. The minimum absolute atomic E-state index is 0.297. The molecule has 0 aliphatic carbocycles. The number of benzene rings is 1. The zero-order valence-corrected chi connectivity index (χ0v) is 11.6. The molecule has 0 aromatic heterocycles. The number of allylic oxidation sites excluding steroid dienone is 2. The van der Waals surface area contributed by atoms with Crippen molar-refractivity contribution in [1.29, 1.82) is 0 Å². The maximum absolute atomic E-state index is 10.4. The molecule has 0 spiro atoms. The highest BCUT2D eigenvalue weighted by Crippen LogP contribution is 2.33. The van der Waals surface area contributed by atoms with Crippen molar-refractivity contribution in [3.63, 3.8) is 0 Å². The lowest BCUT2D eigenvalue weighted by Crippen LogP contribution is -2.18. The normalized spacial score (nSPS) is 19.7. The van der Waals surface area contributed by atoms with E-state index in [1.165, 1.54) is 11.1 Å². The van der Waals surface area contributed by atoms with Crippen molar-refractivity contribution < 1.29 is 19.4 Å². The molecule has 1 aromatic carbocycles. The summed E-state index contributed by atoms with van der Waals surface area (Å²) in [6, 6.07) is 6.02. The molecule has 0 amide bonds. The largest absolute Gasteiger partial charge is 0.478 e. The predicted octanol–water partition coefficient (Wildman–Crippen LogP) is 2.19. The number of carbonyl (C=O) groups is 1. The Labute approximate surface area is 123 Å². The van der Waals surface area contributed by atoms with Gasteiger partial charge in [-0.3, -0.25) is 4.90 Å². The zero-order chi connectivity index (χ0) is 14.7. The average molecular weight is 287 g/mol. The van der Waals surface area contributed by atoms with Gasteiger partial charge in [0.2, 0.25) is 6.79 Å². The van der Waals surface area contributed by atoms with E-state index in [2.05, 4.69) is 11.0 Å². The van der Waals surface area contributed by atoms with E-state index in [4.69, 9.17) is 14.6 Å². The number of carboxylic acid groups (broad SMARTS) is 1. The van der Waals surface area contributed by atoms with Gasteiger partial charge in [-0.15, -0.1) is 0 Å². The van der Waals surface area contributed by atoms with Gasteiger partial charge in [0.25, 0.3) is 0 Å². The molecule has 21 heavy (non-hydrogen) atoms. The molecule has 0 saturated carbocycles. The summed E-state index contributed by atoms with van der Waals surface area (Å²) >= 11 is 0. The van der Waals surface area contributed by atoms with Crippen molar-refractivity contribution >= 4 is 5.97 Å². The van der Waals surface area contributed by atoms with E-state index in [9.17, 15) is 4.79 Å². The molecular weight excluding hydrogens is 270 g/mol. The maximum atomic E-state index is 10.4. The molecule has 110 valence electrons. The van der Waals surface area contributed by atoms with Crippen LogP contribution in [0.25, 0.3) is 0 Å². The summed E-state index contributed by atoms with van der Waals surface area (Å²) in [5.41, 5.74) is 2.45. The molecule has 1 N–H and O–H groups in total. The third kappa shape index (κ3) is 3.44. The van der Waals surface area contributed by atoms with E-state index in [1.807, 2.05) is 18.2 Å². The van der Waals surface area contributed by atoms with E-state index < -0.39 is 5.97 Å². The quantitative estimate of drug-likeness (QED) is 0.860. The second kappa shape index (κ2) is 6.01. The van der Waals surface area contributed by atoms with Crippen LogP contribution < -0.4 is 9.47 Å². The Morgan fingerprint density at radius 2 is 2.19 bits per heavy atom. The van der Waals surface area contributed by atoms with Crippen LogP contribution in [0.4, 0.5) is 0 Å². The Bertz CT molecular complexity index is 606. The first kappa shape index (κ1) is 13.7. The fourth-order valence-electron chi connectivity index (χ4n) is 2.58. The SMILES string of the molecule is O=C(O)C=CC=C1CCN(Cc2ccc3c(c2)OCO3)C1. The van der Waals surface area contributed by atoms with Gasteiger partial charge in [0, 0.05) is 25.7 Å². The Hall–Kier alpha value is -2.27. The van der Waals surface area contributed by atoms with Gasteiger partial charge >= 0.3 is 5.97 Å². The fourth-order valence-corrected chi connectivity index (χ4v) is 2.58. The molecule has 2 aliphatic heterocycles. The Morgan fingerprint density at radius 3 is 3.05 bits per heavy atom. The summed E-state index contributed by atoms with van der Waals surface area (Å²) in [6.45, 7) is 3.02. The van der Waals surface area contributed by atoms with Crippen LogP contribution in [0.3, 0.4) is 0 Å². The van der Waals surface area contributed by atoms with Crippen LogP contribution >= 0.6 is 0 Å². The minimum atomic E-state index is -0.915. The number of fused-ring (bicyclic) bond motifs is 1. The van der Waals surface area contributed by atoms with Crippen molar-refractivity contribution in [2.75, 3.05) is 19.9 Å². The van der Waals surface area contributed by atoms with Crippen LogP contribution in [0.1, 0.15) is 12.0 Å². The number of hydrogen-bond donors (Lipinski definition) is 1. The first-order valence-corrected chi connectivity index (χ1v) is 6.90. The monoisotopic (exact) mass is 287 g/mol. The van der Waals surface area contributed by atoms with E-state index >= 15 is 0 Å². The molecule has 1 saturated heterocycles. The van der Waals surface area contributed by atoms with Gasteiger partial charge in [-0.25, -0.2) is 4.79 Å². The third-order valence-electron chi connectivity index (χ3n) is 3.59. The Morgan fingerprint density at radius 1 is 1.33 bits per heavy atom. The third-order valence-corrected chi connectivity index (χ3v) is 3.59. The molecule has 0 unspecified atom stereocenters. The fraction of sp³-hybridized carbons (Fsp3) is 0.312. The van der Waals surface area contributed by atoms with Gasteiger partial charge in [0.1, 0.15) is 0 Å². The first-order chi connectivity index (χ1) is 10.2. The molecule has 5 nitrogen and oxygen atoms in total. The molecule has 3 rings (SSSR count). The Kier molecular flexibility index (Phi) is 3.92. The van der Waals surface area contributed by atoms with Crippen molar-refractivity contribution in [2.45, 2.75) is 13.0 Å². The highest BCUT2D eigenvalue weighted by Gasteiger charge is 2.18. The second-order valence-corrected chi connectivity index (χ2v) is 5.17. The number of likely N-dealkylation sites (tertiary alicyclic amines) is 1. The van der Waals surface area contributed by atoms with Crippen LogP contribution in [0, 0.1) is 0 Å². The first-order valence-electron chi connectivity index (χ1n) is 6.90. The van der Waals surface area contributed by atoms with Crippen LogP contribution in [0.5, 0.6) is 11.5 Å². The van der Waals surface area contributed by atoms with Gasteiger partial charge < -0.3 is 14.6 Å². The van der Waals surface area contributed by atoms with E-state index in [1.54, 1.807) is 6.08 Å². The summed E-state index contributed by atoms with van der Waals surface area (Å²) in [6.07, 6.45) is 5.64. The lowest BCUT2D eigenvalue weighted by atomic mass is 10.2. The van der Waals surface area contributed by atoms with E-state index in [-0.39, 0.29) is 0 Å². The highest BCUT2D eigenvalue weighted by molar-refractivity contribution is 5.80. The number of rotatable bonds is 4. The zero-order valence-electron chi connectivity index (χ0n) is 11.6. The standard InChI is InChI=1S/C16H17NO4/c18-16(19)3-1-2-12-6-7-17(9-12)10-13-4-5-14-15(8-13)21-11-20-14/h1-5,8H,6-7,9-11H2,(H,18,19). The summed E-state index contributed by atoms with van der Waals surface area (Å²) in [5, 5.41) is 8.56. The summed E-state index contributed by atoms with van der Waals surface area (Å²) in [4.78, 5) is 12.8. The number of carboxylic acids is 1. The molecular formula is C16H17NO4. The van der Waals surface area contributed by atoms with Gasteiger partial charge in [0.05, 0.1) is 0 Å². The Balaban J connectivity index is 1.58. The van der Waals surface area contributed by atoms with Crippen molar-refractivity contribution in [1.82, 2.24) is 4.90 Å². The minimum Gasteiger partial charge on any atom is -0.478 e. The lowest BCUT2D eigenvalue weighted by Gasteiger charge is -2.14. The lowest BCUT2D eigenvalue weighted by molar-refractivity contribution is -0.131. The summed E-state index contributed by atoms with van der Waals surface area (Å²) < 4.78 is 10.7. The summed E-state index contributed by atoms with van der Waals surface area (Å²) in [5.74, 6) is 0.702. The molecule has 0 atom stereocenters. The van der Waals surface area contributed by atoms with Crippen LogP contribution in [-0.4, -0.2) is 35.9 Å². The second-order valence-electron chi connectivity index (χ2n) is 5.17. The molecule has 5 heteroatoms. The molecule has 2 heterocycles. The molecule has 1 fully saturated rings. The molecule has 2 aliphatic rings. The van der Waals surface area contributed by atoms with Crippen molar-refractivity contribution in [3.8, 4) is 11.5 Å². The number of aliphatic carboxylic acids is 1. The number of nitrogens with zero attached hydrogens (tertiary/aromatic N) is 1. The average Bonchev–Trinajstić information content (AvgIpc) is 3.07. The predicted molar refractivity (Wildman–Crippen MR) is 77.3 cm³/mol. The molecule has 0 bridgehead atoms. The van der Waals surface area contributed by atoms with Gasteiger partial charge in [0.15, 0.2) is 11.5 Å². The van der Waals surface area contributed by atoms with Crippen molar-refractivity contribution in [3.05, 3.63) is 47.6 Å². The number of hydrogen-bond acceptors (Lipinski definition) is 4. The van der Waals surface area contributed by atoms with Crippen LogP contribution in [-0.2, 0) is 11.3 Å². The smallest absolute Gasteiger partial charge is 0.328 e. The van der Waals surface area contributed by atoms with Crippen LogP contribution in [0.15, 0.2) is 42.0 Å². The van der Waals surface area contributed by atoms with E-state index in [0.717, 1.165) is 43.6 Å². The van der Waals surface area contributed by atoms with Gasteiger partial charge in [-0.2, -0.15) is 0 Å². The molecule has 1 aromatic rings. The number of ether oxygens (including phenoxy) is 2. The van der Waals surface area contributed by atoms with Crippen molar-refractivity contribution in [2.24, 2.45) is 0 Å². The molecule has 0 radical (unpaired) electrons. The topological polar surface area (TPSA) is 59.0 Å². The van der Waals surface area contributed by atoms with Gasteiger partial charge in [-0.05, 0) is 24.1 Å². The maximum Gasteiger partial charge on any atom is 0.328 e. The van der Waals surface area contributed by atoms with E-state index in [0.29, 0.717) is 6.79 Å². The van der Waals surface area contributed by atoms with Crippen LogP contribution in [0.2, 0.25) is 0 Å². The van der Waals surface area contributed by atoms with Gasteiger partial charge in [-0.1, -0.05) is 23.8 Å².